The molecule has 144 valence electrons. The van der Waals surface area contributed by atoms with Crippen molar-refractivity contribution in [2.75, 3.05) is 7.11 Å². The molecule has 0 spiro atoms. The third kappa shape index (κ3) is 4.58. The molecule has 1 heterocycles. The molecule has 0 aromatic rings. The van der Waals surface area contributed by atoms with Gasteiger partial charge in [0.2, 0.25) is 5.91 Å². The molecule has 0 aromatic heterocycles. The molecule has 0 radical (unpaired) electrons. The first-order valence-electron chi connectivity index (χ1n) is 8.24. The Morgan fingerprint density at radius 3 is 2.16 bits per heavy atom. The number of amides is 2. The molecule has 0 bridgehead atoms. The molecule has 1 fully saturated rings. The Morgan fingerprint density at radius 1 is 1.24 bits per heavy atom. The first-order valence-corrected chi connectivity index (χ1v) is 12.5. The highest BCUT2D eigenvalue weighted by atomic mass is 32.2. The number of rotatable bonds is 9. The van der Waals surface area contributed by atoms with Gasteiger partial charge in [0.15, 0.2) is 6.04 Å². The summed E-state index contributed by atoms with van der Waals surface area (Å²) in [4.78, 5) is 35.8. The Kier molecular flexibility index (Phi) is 7.14. The first kappa shape index (κ1) is 21.6. The summed E-state index contributed by atoms with van der Waals surface area (Å²) in [6.07, 6.45) is 0.214. The van der Waals surface area contributed by atoms with Crippen LogP contribution in [0.3, 0.4) is 0 Å². The summed E-state index contributed by atoms with van der Waals surface area (Å²) in [5.41, 5.74) is 0. The van der Waals surface area contributed by atoms with Gasteiger partial charge in [-0.25, -0.2) is 4.79 Å². The van der Waals surface area contributed by atoms with E-state index in [0.29, 0.717) is 0 Å². The van der Waals surface area contributed by atoms with Crippen LogP contribution >= 0.6 is 0 Å². The van der Waals surface area contributed by atoms with E-state index in [0.717, 1.165) is 31.3 Å². The van der Waals surface area contributed by atoms with Crippen molar-refractivity contribution in [2.24, 2.45) is 0 Å². The summed E-state index contributed by atoms with van der Waals surface area (Å²) in [7, 11) is -5.39. The second-order valence-corrected chi connectivity index (χ2v) is 13.1. The van der Waals surface area contributed by atoms with Crippen LogP contribution in [-0.2, 0) is 29.4 Å². The molecule has 2 unspecified atom stereocenters. The number of carbonyl (C=O) groups is 3. The van der Waals surface area contributed by atoms with Gasteiger partial charge in [0.1, 0.15) is 6.04 Å². The molecule has 0 aliphatic carbocycles. The minimum absolute atomic E-state index is 0.0208. The summed E-state index contributed by atoms with van der Waals surface area (Å²) in [6.45, 7) is 6.34. The molecule has 25 heavy (non-hydrogen) atoms. The number of carbonyl (C=O) groups excluding carboxylic acids is 3. The molecule has 1 rings (SSSR count). The maximum Gasteiger partial charge on any atom is 0.363 e. The maximum absolute atomic E-state index is 12.2. The molecule has 2 atom stereocenters. The van der Waals surface area contributed by atoms with Gasteiger partial charge in [-0.1, -0.05) is 38.9 Å². The Bertz CT molecular complexity index is 625. The summed E-state index contributed by atoms with van der Waals surface area (Å²) in [6, 6.07) is 0.990. The fraction of sp³-hybridized carbons (Fsp3) is 0.786. The van der Waals surface area contributed by atoms with Crippen molar-refractivity contribution in [3.05, 3.63) is 0 Å². The lowest BCUT2D eigenvalue weighted by molar-refractivity contribution is -0.162. The van der Waals surface area contributed by atoms with E-state index in [2.05, 4.69) is 30.8 Å². The fourth-order valence-electron chi connectivity index (χ4n) is 3.12. The number of methoxy groups -OCH3 is 1. The van der Waals surface area contributed by atoms with E-state index < -0.39 is 48.2 Å². The van der Waals surface area contributed by atoms with Crippen LogP contribution in [0, 0.1) is 0 Å². The largest absolute Gasteiger partial charge is 0.467 e. The van der Waals surface area contributed by atoms with Crippen molar-refractivity contribution in [3.8, 4) is 0 Å². The smallest absolute Gasteiger partial charge is 0.363 e. The normalized spacial score (nSPS) is 20.8. The zero-order valence-corrected chi connectivity index (χ0v) is 16.8. The molecule has 1 aliphatic rings. The van der Waals surface area contributed by atoms with E-state index in [1.165, 1.54) is 0 Å². The summed E-state index contributed by atoms with van der Waals surface area (Å²) >= 11 is 0. The highest BCUT2D eigenvalue weighted by Crippen LogP contribution is 2.28. The lowest BCUT2D eigenvalue weighted by Gasteiger charge is -2.42. The second-order valence-electron chi connectivity index (χ2n) is 6.19. The average molecular weight is 395 g/mol. The lowest BCUT2D eigenvalue weighted by atomic mass is 9.99. The van der Waals surface area contributed by atoms with Gasteiger partial charge in [0.25, 0.3) is 5.91 Å². The van der Waals surface area contributed by atoms with E-state index in [9.17, 15) is 22.8 Å². The van der Waals surface area contributed by atoms with Crippen LogP contribution in [0.2, 0.25) is 24.2 Å². The van der Waals surface area contributed by atoms with E-state index in [-0.39, 0.29) is 10.7 Å². The van der Waals surface area contributed by atoms with E-state index >= 15 is 0 Å². The minimum atomic E-state index is -4.90. The van der Waals surface area contributed by atoms with Crippen LogP contribution in [0.5, 0.6) is 0 Å². The number of nitrogens with zero attached hydrogens (tertiary/aromatic N) is 1. The van der Waals surface area contributed by atoms with Crippen molar-refractivity contribution in [3.63, 3.8) is 0 Å². The van der Waals surface area contributed by atoms with E-state index in [1.807, 2.05) is 0 Å². The van der Waals surface area contributed by atoms with Crippen LogP contribution in [-0.4, -0.2) is 62.3 Å². The van der Waals surface area contributed by atoms with Crippen molar-refractivity contribution in [2.45, 2.75) is 63.5 Å². The number of ether oxygens (including phenoxy) is 1. The SMILES string of the molecule is CC[Si](CC)(CC)CCC(=O)NC1C(=O)N(S(=O)(=O)O)C1C(=O)OC. The van der Waals surface area contributed by atoms with Gasteiger partial charge in [-0.15, -0.1) is 0 Å². The Hall–Kier alpha value is -1.46. The lowest BCUT2D eigenvalue weighted by Crippen LogP contribution is -2.74. The minimum Gasteiger partial charge on any atom is -0.467 e. The van der Waals surface area contributed by atoms with Crippen LogP contribution in [0.1, 0.15) is 27.2 Å². The van der Waals surface area contributed by atoms with Gasteiger partial charge < -0.3 is 10.1 Å². The third-order valence-electron chi connectivity index (χ3n) is 5.19. The van der Waals surface area contributed by atoms with E-state index in [1.54, 1.807) is 0 Å². The third-order valence-corrected chi connectivity index (χ3v) is 11.9. The first-order chi connectivity index (χ1) is 11.6. The zero-order chi connectivity index (χ0) is 19.4. The quantitative estimate of drug-likeness (QED) is 0.253. The maximum atomic E-state index is 12.2. The Labute approximate surface area is 149 Å². The molecular weight excluding hydrogens is 368 g/mol. The van der Waals surface area contributed by atoms with Crippen LogP contribution in [0.25, 0.3) is 0 Å². The molecule has 1 saturated heterocycles. The topological polar surface area (TPSA) is 130 Å². The average Bonchev–Trinajstić information content (AvgIpc) is 2.57. The predicted molar refractivity (Wildman–Crippen MR) is 92.8 cm³/mol. The highest BCUT2D eigenvalue weighted by molar-refractivity contribution is 7.84. The van der Waals surface area contributed by atoms with Crippen LogP contribution in [0.15, 0.2) is 0 Å². The van der Waals surface area contributed by atoms with Gasteiger partial charge >= 0.3 is 16.3 Å². The summed E-state index contributed by atoms with van der Waals surface area (Å²) in [5.74, 6) is -2.51. The predicted octanol–water partition coefficient (Wildman–Crippen LogP) is 0.556. The van der Waals surface area contributed by atoms with Crippen molar-refractivity contribution in [1.29, 1.82) is 0 Å². The van der Waals surface area contributed by atoms with Gasteiger partial charge in [0.05, 0.1) is 15.2 Å². The van der Waals surface area contributed by atoms with Crippen molar-refractivity contribution >= 4 is 36.2 Å². The fourth-order valence-corrected chi connectivity index (χ4v) is 7.27. The van der Waals surface area contributed by atoms with Gasteiger partial charge in [0, 0.05) is 6.42 Å². The number of nitrogens with one attached hydrogen (secondary N) is 1. The summed E-state index contributed by atoms with van der Waals surface area (Å²) in [5, 5.41) is 2.39. The Balaban J connectivity index is 2.79. The summed E-state index contributed by atoms with van der Waals surface area (Å²) < 4.78 is 35.9. The Morgan fingerprint density at radius 2 is 1.76 bits per heavy atom. The van der Waals surface area contributed by atoms with Crippen molar-refractivity contribution in [1.82, 2.24) is 9.62 Å². The molecule has 1 aliphatic heterocycles. The van der Waals surface area contributed by atoms with Gasteiger partial charge in [-0.05, 0) is 6.04 Å². The number of esters is 1. The number of β-lactam (4-membered cyclic amide) rings is 1. The van der Waals surface area contributed by atoms with Crippen LogP contribution in [0.4, 0.5) is 0 Å². The molecule has 9 nitrogen and oxygen atoms in total. The van der Waals surface area contributed by atoms with Crippen molar-refractivity contribution < 1.29 is 32.1 Å². The molecular formula is C14H26N2O7SSi. The molecule has 2 N–H and O–H groups in total. The standard InChI is InChI=1S/C14H26N2O7SSi/c1-5-25(6-2,7-3)9-8-10(17)15-11-12(14(19)23-4)16(13(11)18)24(20,21)22/h11-12H,5-9H2,1-4H3,(H,15,17)(H,20,21,22). The highest BCUT2D eigenvalue weighted by Gasteiger charge is 2.58. The molecule has 0 aromatic carbocycles. The van der Waals surface area contributed by atoms with Gasteiger partial charge in [-0.3, -0.25) is 14.1 Å². The van der Waals surface area contributed by atoms with E-state index in [4.69, 9.17) is 4.55 Å². The molecule has 0 saturated carbocycles. The monoisotopic (exact) mass is 394 g/mol. The molecule has 11 heteroatoms. The number of hydrogen-bond donors (Lipinski definition) is 2. The zero-order valence-electron chi connectivity index (χ0n) is 14.9. The number of hydrogen-bond acceptors (Lipinski definition) is 6. The molecule has 2 amide bonds. The second kappa shape index (κ2) is 8.28. The van der Waals surface area contributed by atoms with Crippen LogP contribution < -0.4 is 5.32 Å². The van der Waals surface area contributed by atoms with Gasteiger partial charge in [-0.2, -0.15) is 12.7 Å².